The van der Waals surface area contributed by atoms with Gasteiger partial charge in [0, 0.05) is 17.8 Å². The summed E-state index contributed by atoms with van der Waals surface area (Å²) in [4.78, 5) is 11.0. The topological polar surface area (TPSA) is 70.6 Å². The number of aromatic carboxylic acids is 1. The van der Waals surface area contributed by atoms with Crippen molar-refractivity contribution in [2.24, 2.45) is 0 Å². The van der Waals surface area contributed by atoms with Gasteiger partial charge in [-0.1, -0.05) is 18.2 Å². The molecule has 2 aromatic rings. The third-order valence-corrected chi connectivity index (χ3v) is 2.81. The van der Waals surface area contributed by atoms with Crippen molar-refractivity contribution < 1.29 is 14.6 Å². The summed E-state index contributed by atoms with van der Waals surface area (Å²) >= 11 is 0. The zero-order valence-electron chi connectivity index (χ0n) is 11.1. The Hall–Kier alpha value is -2.53. The SMILES string of the molecule is COc1ccc(C(=O)O)cc1CNNc1ccccc1. The highest BCUT2D eigenvalue weighted by Gasteiger charge is 2.08. The first-order chi connectivity index (χ1) is 9.70. The number of ether oxygens (including phenoxy) is 1. The van der Waals surface area contributed by atoms with Gasteiger partial charge in [0.1, 0.15) is 5.75 Å². The van der Waals surface area contributed by atoms with Gasteiger partial charge in [-0.05, 0) is 30.3 Å². The van der Waals surface area contributed by atoms with E-state index in [1.54, 1.807) is 19.2 Å². The second kappa shape index (κ2) is 6.58. The first-order valence-corrected chi connectivity index (χ1v) is 6.15. The minimum atomic E-state index is -0.954. The van der Waals surface area contributed by atoms with Crippen molar-refractivity contribution in [3.63, 3.8) is 0 Å². The molecule has 0 radical (unpaired) electrons. The second-order valence-electron chi connectivity index (χ2n) is 4.18. The standard InChI is InChI=1S/C15H16N2O3/c1-20-14-8-7-11(15(18)19)9-12(14)10-16-17-13-5-3-2-4-6-13/h2-9,16-17H,10H2,1H3,(H,18,19). The van der Waals surface area contributed by atoms with Crippen LogP contribution in [0.25, 0.3) is 0 Å². The monoisotopic (exact) mass is 272 g/mol. The van der Waals surface area contributed by atoms with Crippen molar-refractivity contribution in [1.29, 1.82) is 0 Å². The maximum atomic E-state index is 11.0. The van der Waals surface area contributed by atoms with Crippen molar-refractivity contribution >= 4 is 11.7 Å². The number of hydrogen-bond acceptors (Lipinski definition) is 4. The molecule has 5 nitrogen and oxygen atoms in total. The van der Waals surface area contributed by atoms with E-state index in [0.717, 1.165) is 11.3 Å². The Labute approximate surface area is 117 Å². The highest BCUT2D eigenvalue weighted by atomic mass is 16.5. The molecule has 2 rings (SSSR count). The molecule has 0 fully saturated rings. The number of hydrazine groups is 1. The van der Waals surface area contributed by atoms with Gasteiger partial charge < -0.3 is 15.3 Å². The summed E-state index contributed by atoms with van der Waals surface area (Å²) in [5.74, 6) is -0.303. The van der Waals surface area contributed by atoms with Crippen LogP contribution in [-0.4, -0.2) is 18.2 Å². The van der Waals surface area contributed by atoms with Gasteiger partial charge in [0.2, 0.25) is 0 Å². The molecule has 0 aliphatic heterocycles. The van der Waals surface area contributed by atoms with Crippen LogP contribution in [0.1, 0.15) is 15.9 Å². The number of para-hydroxylation sites is 1. The fourth-order valence-electron chi connectivity index (χ4n) is 1.81. The molecule has 0 spiro atoms. The molecule has 0 bridgehead atoms. The zero-order valence-corrected chi connectivity index (χ0v) is 11.1. The molecule has 0 unspecified atom stereocenters. The van der Waals surface area contributed by atoms with Crippen LogP contribution >= 0.6 is 0 Å². The van der Waals surface area contributed by atoms with E-state index in [-0.39, 0.29) is 5.56 Å². The van der Waals surface area contributed by atoms with Crippen LogP contribution in [0.3, 0.4) is 0 Å². The highest BCUT2D eigenvalue weighted by molar-refractivity contribution is 5.88. The predicted molar refractivity (Wildman–Crippen MR) is 76.9 cm³/mol. The Bertz CT molecular complexity index is 585. The van der Waals surface area contributed by atoms with E-state index in [2.05, 4.69) is 10.9 Å². The summed E-state index contributed by atoms with van der Waals surface area (Å²) in [5.41, 5.74) is 8.02. The van der Waals surface area contributed by atoms with Gasteiger partial charge >= 0.3 is 5.97 Å². The lowest BCUT2D eigenvalue weighted by atomic mass is 10.1. The zero-order chi connectivity index (χ0) is 14.4. The molecule has 5 heteroatoms. The quantitative estimate of drug-likeness (QED) is 0.705. The third kappa shape index (κ3) is 3.49. The smallest absolute Gasteiger partial charge is 0.335 e. The van der Waals surface area contributed by atoms with E-state index in [0.29, 0.717) is 12.3 Å². The van der Waals surface area contributed by atoms with E-state index >= 15 is 0 Å². The number of hydrogen-bond donors (Lipinski definition) is 3. The van der Waals surface area contributed by atoms with Crippen molar-refractivity contribution in [3.8, 4) is 5.75 Å². The molecule has 104 valence electrons. The average Bonchev–Trinajstić information content (AvgIpc) is 2.48. The van der Waals surface area contributed by atoms with Crippen LogP contribution in [0, 0.1) is 0 Å². The normalized spacial score (nSPS) is 10.1. The van der Waals surface area contributed by atoms with E-state index in [4.69, 9.17) is 9.84 Å². The summed E-state index contributed by atoms with van der Waals surface area (Å²) in [5, 5.41) is 9.00. The summed E-state index contributed by atoms with van der Waals surface area (Å²) in [6.45, 7) is 0.444. The number of benzene rings is 2. The lowest BCUT2D eigenvalue weighted by Gasteiger charge is -2.12. The van der Waals surface area contributed by atoms with Crippen LogP contribution < -0.4 is 15.6 Å². The maximum Gasteiger partial charge on any atom is 0.335 e. The molecular weight excluding hydrogens is 256 g/mol. The van der Waals surface area contributed by atoms with Gasteiger partial charge in [-0.2, -0.15) is 0 Å². The molecule has 2 aromatic carbocycles. The van der Waals surface area contributed by atoms with Crippen molar-refractivity contribution in [2.45, 2.75) is 6.54 Å². The van der Waals surface area contributed by atoms with Gasteiger partial charge in [-0.15, -0.1) is 0 Å². The van der Waals surface area contributed by atoms with Crippen LogP contribution in [0.5, 0.6) is 5.75 Å². The Kier molecular flexibility index (Phi) is 4.57. The number of rotatable bonds is 6. The number of carboxylic acids is 1. The van der Waals surface area contributed by atoms with Gasteiger partial charge in [-0.3, -0.25) is 0 Å². The highest BCUT2D eigenvalue weighted by Crippen LogP contribution is 2.19. The molecule has 0 atom stereocenters. The van der Waals surface area contributed by atoms with Crippen molar-refractivity contribution in [2.75, 3.05) is 12.5 Å². The molecule has 3 N–H and O–H groups in total. The largest absolute Gasteiger partial charge is 0.496 e. The van der Waals surface area contributed by atoms with Gasteiger partial charge in [0.05, 0.1) is 12.7 Å². The fraction of sp³-hybridized carbons (Fsp3) is 0.133. The lowest BCUT2D eigenvalue weighted by Crippen LogP contribution is -2.21. The fourth-order valence-corrected chi connectivity index (χ4v) is 1.81. The molecule has 0 heterocycles. The lowest BCUT2D eigenvalue weighted by molar-refractivity contribution is 0.0696. The van der Waals surface area contributed by atoms with Gasteiger partial charge in [0.25, 0.3) is 0 Å². The number of nitrogens with one attached hydrogen (secondary N) is 2. The molecular formula is C15H16N2O3. The molecule has 0 aromatic heterocycles. The number of anilines is 1. The maximum absolute atomic E-state index is 11.0. The number of carbonyl (C=O) groups is 1. The van der Waals surface area contributed by atoms with E-state index < -0.39 is 5.97 Å². The molecule has 20 heavy (non-hydrogen) atoms. The molecule has 0 amide bonds. The summed E-state index contributed by atoms with van der Waals surface area (Å²) in [6, 6.07) is 14.4. The van der Waals surface area contributed by atoms with E-state index in [1.165, 1.54) is 6.07 Å². The van der Waals surface area contributed by atoms with Crippen molar-refractivity contribution in [1.82, 2.24) is 5.43 Å². The Morgan fingerprint density at radius 2 is 1.95 bits per heavy atom. The average molecular weight is 272 g/mol. The Morgan fingerprint density at radius 3 is 2.60 bits per heavy atom. The summed E-state index contributed by atoms with van der Waals surface area (Å²) in [7, 11) is 1.56. The van der Waals surface area contributed by atoms with Gasteiger partial charge in [-0.25, -0.2) is 10.2 Å². The second-order valence-corrected chi connectivity index (χ2v) is 4.18. The first kappa shape index (κ1) is 13.9. The first-order valence-electron chi connectivity index (χ1n) is 6.15. The van der Waals surface area contributed by atoms with Crippen LogP contribution in [-0.2, 0) is 6.54 Å². The van der Waals surface area contributed by atoms with Crippen LogP contribution in [0.4, 0.5) is 5.69 Å². The minimum Gasteiger partial charge on any atom is -0.496 e. The number of methoxy groups -OCH3 is 1. The van der Waals surface area contributed by atoms with Crippen LogP contribution in [0.15, 0.2) is 48.5 Å². The molecule has 0 aliphatic rings. The van der Waals surface area contributed by atoms with Crippen molar-refractivity contribution in [3.05, 3.63) is 59.7 Å². The summed E-state index contributed by atoms with van der Waals surface area (Å²) in [6.07, 6.45) is 0. The minimum absolute atomic E-state index is 0.238. The summed E-state index contributed by atoms with van der Waals surface area (Å²) < 4.78 is 5.22. The third-order valence-electron chi connectivity index (χ3n) is 2.81. The van der Waals surface area contributed by atoms with Crippen LogP contribution in [0.2, 0.25) is 0 Å². The molecule has 0 aliphatic carbocycles. The Balaban J connectivity index is 2.04. The molecule has 0 saturated carbocycles. The number of carboxylic acid groups (broad SMARTS) is 1. The Morgan fingerprint density at radius 1 is 1.20 bits per heavy atom. The van der Waals surface area contributed by atoms with E-state index in [9.17, 15) is 4.79 Å². The van der Waals surface area contributed by atoms with E-state index in [1.807, 2.05) is 30.3 Å². The molecule has 0 saturated heterocycles. The van der Waals surface area contributed by atoms with Gasteiger partial charge in [0.15, 0.2) is 0 Å². The predicted octanol–water partition coefficient (Wildman–Crippen LogP) is 2.51.